The number of piperidine rings is 1. The highest BCUT2D eigenvalue weighted by atomic mass is 16.2. The fourth-order valence-electron chi connectivity index (χ4n) is 2.61. The zero-order chi connectivity index (χ0) is 19.1. The number of pyridine rings is 1. The summed E-state index contributed by atoms with van der Waals surface area (Å²) in [6.07, 6.45) is 4.30. The number of primary amides is 1. The average molecular weight is 357 g/mol. The van der Waals surface area contributed by atoms with Gasteiger partial charge in [-0.05, 0) is 24.5 Å². The van der Waals surface area contributed by atoms with Gasteiger partial charge in [-0.15, -0.1) is 0 Å². The van der Waals surface area contributed by atoms with Crippen LogP contribution >= 0.6 is 0 Å². The number of nitrogens with two attached hydrogens (primary N) is 1. The normalized spacial score (nSPS) is 14.4. The van der Waals surface area contributed by atoms with Crippen molar-refractivity contribution in [2.24, 2.45) is 5.73 Å². The summed E-state index contributed by atoms with van der Waals surface area (Å²) in [6.45, 7) is 8.63. The lowest BCUT2D eigenvalue weighted by atomic mass is 10.0. The van der Waals surface area contributed by atoms with Gasteiger partial charge in [0.1, 0.15) is 5.69 Å². The van der Waals surface area contributed by atoms with Crippen LogP contribution in [0.15, 0.2) is 43.1 Å². The summed E-state index contributed by atoms with van der Waals surface area (Å²) in [6, 6.07) is 2.92. The first-order valence-corrected chi connectivity index (χ1v) is 8.30. The van der Waals surface area contributed by atoms with E-state index in [0.29, 0.717) is 31.5 Å². The number of urea groups is 1. The van der Waals surface area contributed by atoms with Crippen LogP contribution in [0.4, 0.5) is 4.79 Å². The van der Waals surface area contributed by atoms with Crippen molar-refractivity contribution in [3.63, 3.8) is 0 Å². The van der Waals surface area contributed by atoms with Crippen LogP contribution in [0.5, 0.6) is 0 Å². The first-order valence-electron chi connectivity index (χ1n) is 8.30. The Kier molecular flexibility index (Phi) is 6.48. The molecule has 0 aliphatic carbocycles. The lowest BCUT2D eigenvalue weighted by molar-refractivity contribution is -0.127. The molecule has 1 fully saturated rings. The summed E-state index contributed by atoms with van der Waals surface area (Å²) < 4.78 is 0. The van der Waals surface area contributed by atoms with E-state index in [1.54, 1.807) is 11.0 Å². The Morgan fingerprint density at radius 2 is 2.00 bits per heavy atom. The maximum absolute atomic E-state index is 12.0. The summed E-state index contributed by atoms with van der Waals surface area (Å²) in [7, 11) is 0. The van der Waals surface area contributed by atoms with Crippen LogP contribution in [-0.4, -0.2) is 46.9 Å². The van der Waals surface area contributed by atoms with Crippen LogP contribution in [0.1, 0.15) is 28.9 Å². The summed E-state index contributed by atoms with van der Waals surface area (Å²) in [4.78, 5) is 40.6. The molecule has 0 saturated carbocycles. The number of likely N-dealkylation sites (tertiary alicyclic amines) is 1. The number of amides is 4. The number of nitrogens with zero attached hydrogens (tertiary/aromatic N) is 2. The number of carbonyl (C=O) groups excluding carboxylic acids is 3. The highest BCUT2D eigenvalue weighted by Crippen LogP contribution is 2.13. The maximum atomic E-state index is 12.0. The van der Waals surface area contributed by atoms with Crippen molar-refractivity contribution in [3.8, 4) is 0 Å². The molecule has 138 valence electrons. The van der Waals surface area contributed by atoms with Crippen LogP contribution in [-0.2, 0) is 11.3 Å². The van der Waals surface area contributed by atoms with Gasteiger partial charge in [-0.3, -0.25) is 14.6 Å². The molecule has 4 N–H and O–H groups in total. The quantitative estimate of drug-likeness (QED) is 0.513. The largest absolute Gasteiger partial charge is 0.364 e. The smallest absolute Gasteiger partial charge is 0.315 e. The van der Waals surface area contributed by atoms with Crippen LogP contribution in [0.2, 0.25) is 0 Å². The molecule has 2 heterocycles. The van der Waals surface area contributed by atoms with Crippen LogP contribution in [0.25, 0.3) is 0 Å². The van der Waals surface area contributed by atoms with Crippen molar-refractivity contribution in [2.75, 3.05) is 13.1 Å². The summed E-state index contributed by atoms with van der Waals surface area (Å²) >= 11 is 0. The third-order valence-electron chi connectivity index (χ3n) is 4.17. The average Bonchev–Trinajstić information content (AvgIpc) is 2.66. The van der Waals surface area contributed by atoms with E-state index in [0.717, 1.165) is 5.56 Å². The summed E-state index contributed by atoms with van der Waals surface area (Å²) in [5, 5.41) is 5.64. The predicted octanol–water partition coefficient (Wildman–Crippen LogP) is 0.713. The third-order valence-corrected chi connectivity index (χ3v) is 4.17. The van der Waals surface area contributed by atoms with Crippen molar-refractivity contribution in [1.82, 2.24) is 20.5 Å². The van der Waals surface area contributed by atoms with E-state index in [-0.39, 0.29) is 30.2 Å². The van der Waals surface area contributed by atoms with Gasteiger partial charge in [-0.1, -0.05) is 25.3 Å². The van der Waals surface area contributed by atoms with Crippen molar-refractivity contribution in [3.05, 3.63) is 54.4 Å². The van der Waals surface area contributed by atoms with Gasteiger partial charge in [0, 0.05) is 37.4 Å². The number of nitrogens with one attached hydrogen (secondary N) is 2. The molecule has 0 atom stereocenters. The Bertz CT molecular complexity index is 706. The van der Waals surface area contributed by atoms with Crippen molar-refractivity contribution in [2.45, 2.75) is 25.4 Å². The maximum Gasteiger partial charge on any atom is 0.315 e. The molecule has 1 aliphatic heterocycles. The second-order valence-corrected chi connectivity index (χ2v) is 6.04. The predicted molar refractivity (Wildman–Crippen MR) is 97.1 cm³/mol. The van der Waals surface area contributed by atoms with Gasteiger partial charge in [0.25, 0.3) is 11.8 Å². The van der Waals surface area contributed by atoms with E-state index < -0.39 is 5.91 Å². The van der Waals surface area contributed by atoms with E-state index in [1.165, 1.54) is 18.3 Å². The molecule has 1 aromatic rings. The monoisotopic (exact) mass is 357 g/mol. The van der Waals surface area contributed by atoms with Gasteiger partial charge in [0.2, 0.25) is 0 Å². The van der Waals surface area contributed by atoms with Gasteiger partial charge in [-0.2, -0.15) is 0 Å². The molecular weight excluding hydrogens is 334 g/mol. The van der Waals surface area contributed by atoms with Crippen molar-refractivity contribution >= 4 is 17.8 Å². The van der Waals surface area contributed by atoms with E-state index in [4.69, 9.17) is 5.73 Å². The Morgan fingerprint density at radius 1 is 1.31 bits per heavy atom. The number of hydrogen-bond donors (Lipinski definition) is 3. The van der Waals surface area contributed by atoms with Gasteiger partial charge >= 0.3 is 6.03 Å². The molecule has 26 heavy (non-hydrogen) atoms. The fourth-order valence-corrected chi connectivity index (χ4v) is 2.61. The summed E-state index contributed by atoms with van der Waals surface area (Å²) in [5.74, 6) is -0.710. The SMILES string of the molecule is C=CC(=C)C(=O)N1CCC(NC(=O)NCc2ccc(C(N)=O)nc2)CC1. The molecule has 0 aromatic carbocycles. The Labute approximate surface area is 152 Å². The molecular formula is C18H23N5O3. The third kappa shape index (κ3) is 5.17. The Hall–Kier alpha value is -3.16. The fraction of sp³-hybridized carbons (Fsp3) is 0.333. The molecule has 0 bridgehead atoms. The molecule has 0 spiro atoms. The van der Waals surface area contributed by atoms with E-state index >= 15 is 0 Å². The van der Waals surface area contributed by atoms with Gasteiger partial charge in [0.15, 0.2) is 0 Å². The Balaban J connectivity index is 1.73. The molecule has 4 amide bonds. The number of carbonyl (C=O) groups is 3. The van der Waals surface area contributed by atoms with E-state index in [9.17, 15) is 14.4 Å². The minimum absolute atomic E-state index is 0.00593. The zero-order valence-electron chi connectivity index (χ0n) is 14.5. The van der Waals surface area contributed by atoms with E-state index in [2.05, 4.69) is 28.8 Å². The van der Waals surface area contributed by atoms with Crippen LogP contribution in [0, 0.1) is 0 Å². The molecule has 1 aliphatic rings. The van der Waals surface area contributed by atoms with Crippen molar-refractivity contribution in [1.29, 1.82) is 0 Å². The molecule has 0 unspecified atom stereocenters. The number of hydrogen-bond acceptors (Lipinski definition) is 4. The number of rotatable bonds is 6. The molecule has 8 heteroatoms. The van der Waals surface area contributed by atoms with Crippen molar-refractivity contribution < 1.29 is 14.4 Å². The molecule has 0 radical (unpaired) electrons. The highest BCUT2D eigenvalue weighted by molar-refractivity contribution is 5.95. The van der Waals surface area contributed by atoms with Crippen LogP contribution < -0.4 is 16.4 Å². The Morgan fingerprint density at radius 3 is 2.54 bits per heavy atom. The first-order chi connectivity index (χ1) is 12.4. The minimum atomic E-state index is -0.594. The van der Waals surface area contributed by atoms with E-state index in [1.807, 2.05) is 0 Å². The van der Waals surface area contributed by atoms with Gasteiger partial charge < -0.3 is 21.3 Å². The summed E-state index contributed by atoms with van der Waals surface area (Å²) in [5.41, 5.74) is 6.44. The lowest BCUT2D eigenvalue weighted by Gasteiger charge is -2.32. The molecule has 1 aromatic heterocycles. The molecule has 1 saturated heterocycles. The second-order valence-electron chi connectivity index (χ2n) is 6.04. The van der Waals surface area contributed by atoms with Gasteiger partial charge in [0.05, 0.1) is 0 Å². The highest BCUT2D eigenvalue weighted by Gasteiger charge is 2.24. The van der Waals surface area contributed by atoms with Gasteiger partial charge in [-0.25, -0.2) is 4.79 Å². The zero-order valence-corrected chi connectivity index (χ0v) is 14.5. The topological polar surface area (TPSA) is 117 Å². The second kappa shape index (κ2) is 8.80. The van der Waals surface area contributed by atoms with Crippen LogP contribution in [0.3, 0.4) is 0 Å². The standard InChI is InChI=1S/C18H23N5O3/c1-3-12(2)17(25)23-8-6-14(7-9-23)22-18(26)21-11-13-4-5-15(16(19)24)20-10-13/h3-5,10,14H,1-2,6-9,11H2,(H2,19,24)(H2,21,22,26). The first kappa shape index (κ1) is 19.2. The minimum Gasteiger partial charge on any atom is -0.364 e. The lowest BCUT2D eigenvalue weighted by Crippen LogP contribution is -2.49. The molecule has 8 nitrogen and oxygen atoms in total. The number of aromatic nitrogens is 1. The molecule has 2 rings (SSSR count).